The van der Waals surface area contributed by atoms with Crippen molar-refractivity contribution in [2.24, 2.45) is 7.05 Å². The molecule has 0 amide bonds. The van der Waals surface area contributed by atoms with Crippen molar-refractivity contribution in [2.45, 2.75) is 32.5 Å². The van der Waals surface area contributed by atoms with E-state index in [1.807, 2.05) is 11.7 Å². The van der Waals surface area contributed by atoms with E-state index in [9.17, 15) is 0 Å². The van der Waals surface area contributed by atoms with Crippen molar-refractivity contribution in [3.8, 4) is 0 Å². The highest BCUT2D eigenvalue weighted by molar-refractivity contribution is 9.10. The first kappa shape index (κ1) is 12.1. The van der Waals surface area contributed by atoms with Crippen molar-refractivity contribution in [3.05, 3.63) is 15.9 Å². The van der Waals surface area contributed by atoms with Gasteiger partial charge in [0.05, 0.1) is 28.6 Å². The van der Waals surface area contributed by atoms with E-state index in [1.165, 1.54) is 0 Å². The summed E-state index contributed by atoms with van der Waals surface area (Å²) in [5.74, 6) is 0. The Morgan fingerprint density at radius 3 is 3.00 bits per heavy atom. The molecule has 1 fully saturated rings. The molecular formula is C11H18BrN3O. The van der Waals surface area contributed by atoms with Gasteiger partial charge in [-0.05, 0) is 35.3 Å². The molecule has 1 aromatic heterocycles. The third-order valence-corrected chi connectivity index (χ3v) is 3.89. The van der Waals surface area contributed by atoms with Gasteiger partial charge < -0.3 is 10.1 Å². The molecule has 1 aliphatic rings. The highest BCUT2D eigenvalue weighted by atomic mass is 79.9. The Hall–Kier alpha value is -0.390. The molecule has 0 bridgehead atoms. The topological polar surface area (TPSA) is 39.1 Å². The lowest BCUT2D eigenvalue weighted by molar-refractivity contribution is 0.0501. The highest BCUT2D eigenvalue weighted by Gasteiger charge is 2.18. The predicted molar refractivity (Wildman–Crippen MR) is 66.3 cm³/mol. The molecular weight excluding hydrogens is 270 g/mol. The largest absolute Gasteiger partial charge is 0.371 e. The molecule has 0 aromatic carbocycles. The third kappa shape index (κ3) is 2.47. The van der Waals surface area contributed by atoms with Gasteiger partial charge in [-0.2, -0.15) is 5.10 Å². The van der Waals surface area contributed by atoms with E-state index in [2.05, 4.69) is 33.3 Å². The van der Waals surface area contributed by atoms with E-state index in [0.29, 0.717) is 12.7 Å². The average molecular weight is 288 g/mol. The predicted octanol–water partition coefficient (Wildman–Crippen LogP) is 1.62. The average Bonchev–Trinajstić information content (AvgIpc) is 2.86. The summed E-state index contributed by atoms with van der Waals surface area (Å²) in [6.45, 7) is 4.78. The fourth-order valence-corrected chi connectivity index (χ4v) is 2.67. The van der Waals surface area contributed by atoms with Gasteiger partial charge >= 0.3 is 0 Å². The zero-order chi connectivity index (χ0) is 11.5. The maximum atomic E-state index is 5.86. The number of nitrogens with zero attached hydrogens (tertiary/aromatic N) is 2. The van der Waals surface area contributed by atoms with Crippen LogP contribution in [0.15, 0.2) is 4.47 Å². The molecule has 0 aliphatic carbocycles. The van der Waals surface area contributed by atoms with Gasteiger partial charge in [0.2, 0.25) is 0 Å². The first-order chi connectivity index (χ1) is 7.72. The van der Waals surface area contributed by atoms with Crippen molar-refractivity contribution in [1.29, 1.82) is 0 Å². The summed E-state index contributed by atoms with van der Waals surface area (Å²) in [6, 6.07) is 0. The SMILES string of the molecule is CCc1nn(C)c(COC2CCNC2)c1Br. The van der Waals surface area contributed by atoms with E-state index >= 15 is 0 Å². The van der Waals surface area contributed by atoms with Crippen molar-refractivity contribution < 1.29 is 4.74 Å². The minimum absolute atomic E-state index is 0.354. The molecule has 0 saturated carbocycles. The smallest absolute Gasteiger partial charge is 0.0900 e. The number of hydrogen-bond acceptors (Lipinski definition) is 3. The second-order valence-corrected chi connectivity index (χ2v) is 4.90. The Balaban J connectivity index is 2.00. The lowest BCUT2D eigenvalue weighted by Gasteiger charge is -2.10. The van der Waals surface area contributed by atoms with Crippen molar-refractivity contribution >= 4 is 15.9 Å². The Kier molecular flexibility index (Phi) is 4.00. The highest BCUT2D eigenvalue weighted by Crippen LogP contribution is 2.22. The van der Waals surface area contributed by atoms with Crippen molar-refractivity contribution in [2.75, 3.05) is 13.1 Å². The second-order valence-electron chi connectivity index (χ2n) is 4.11. The van der Waals surface area contributed by atoms with Crippen LogP contribution in [0.5, 0.6) is 0 Å². The molecule has 1 unspecified atom stereocenters. The van der Waals surface area contributed by atoms with Crippen LogP contribution in [0.4, 0.5) is 0 Å². The summed E-state index contributed by atoms with van der Waals surface area (Å²) < 4.78 is 8.86. The number of halogens is 1. The summed E-state index contributed by atoms with van der Waals surface area (Å²) in [6.07, 6.45) is 2.40. The van der Waals surface area contributed by atoms with E-state index in [-0.39, 0.29) is 0 Å². The summed E-state index contributed by atoms with van der Waals surface area (Å²) in [5.41, 5.74) is 2.23. The summed E-state index contributed by atoms with van der Waals surface area (Å²) in [4.78, 5) is 0. The molecule has 1 aliphatic heterocycles. The van der Waals surface area contributed by atoms with Crippen LogP contribution in [0.1, 0.15) is 24.7 Å². The van der Waals surface area contributed by atoms with Gasteiger partial charge in [-0.15, -0.1) is 0 Å². The maximum Gasteiger partial charge on any atom is 0.0900 e. The van der Waals surface area contributed by atoms with Crippen LogP contribution in [0.25, 0.3) is 0 Å². The zero-order valence-electron chi connectivity index (χ0n) is 9.79. The normalized spacial score (nSPS) is 20.6. The van der Waals surface area contributed by atoms with E-state index in [4.69, 9.17) is 4.74 Å². The Morgan fingerprint density at radius 2 is 2.44 bits per heavy atom. The molecule has 0 radical (unpaired) electrons. The lowest BCUT2D eigenvalue weighted by Crippen LogP contribution is -2.17. The van der Waals surface area contributed by atoms with Gasteiger partial charge in [0.1, 0.15) is 0 Å². The van der Waals surface area contributed by atoms with Crippen LogP contribution >= 0.6 is 15.9 Å². The monoisotopic (exact) mass is 287 g/mol. The molecule has 1 atom stereocenters. The maximum absolute atomic E-state index is 5.86. The minimum Gasteiger partial charge on any atom is -0.371 e. The Morgan fingerprint density at radius 1 is 1.62 bits per heavy atom. The van der Waals surface area contributed by atoms with Gasteiger partial charge in [0.15, 0.2) is 0 Å². The van der Waals surface area contributed by atoms with Crippen molar-refractivity contribution in [3.63, 3.8) is 0 Å². The number of ether oxygens (including phenoxy) is 1. The Labute approximate surface area is 104 Å². The van der Waals surface area contributed by atoms with Crippen LogP contribution in [0, 0.1) is 0 Å². The quantitative estimate of drug-likeness (QED) is 0.915. The fourth-order valence-electron chi connectivity index (χ4n) is 1.94. The molecule has 1 aromatic rings. The number of hydrogen-bond donors (Lipinski definition) is 1. The molecule has 16 heavy (non-hydrogen) atoms. The first-order valence-electron chi connectivity index (χ1n) is 5.75. The van der Waals surface area contributed by atoms with Gasteiger partial charge in [0, 0.05) is 13.6 Å². The summed E-state index contributed by atoms with van der Waals surface area (Å²) in [5, 5.41) is 7.74. The van der Waals surface area contributed by atoms with Gasteiger partial charge in [-0.25, -0.2) is 0 Å². The molecule has 4 nitrogen and oxygen atoms in total. The third-order valence-electron chi connectivity index (χ3n) is 2.97. The molecule has 2 heterocycles. The number of nitrogens with one attached hydrogen (secondary N) is 1. The van der Waals surface area contributed by atoms with Crippen molar-refractivity contribution in [1.82, 2.24) is 15.1 Å². The van der Waals surface area contributed by atoms with Gasteiger partial charge in [0.25, 0.3) is 0 Å². The van der Waals surface area contributed by atoms with Crippen LogP contribution in [-0.4, -0.2) is 29.0 Å². The Bertz CT molecular complexity index is 358. The zero-order valence-corrected chi connectivity index (χ0v) is 11.4. The number of aromatic nitrogens is 2. The molecule has 2 rings (SSSR count). The first-order valence-corrected chi connectivity index (χ1v) is 6.54. The van der Waals surface area contributed by atoms with Gasteiger partial charge in [-0.3, -0.25) is 4.68 Å². The van der Waals surface area contributed by atoms with Crippen LogP contribution in [-0.2, 0) is 24.8 Å². The summed E-state index contributed by atoms with van der Waals surface area (Å²) >= 11 is 3.59. The van der Waals surface area contributed by atoms with E-state index in [1.54, 1.807) is 0 Å². The molecule has 5 heteroatoms. The number of rotatable bonds is 4. The second kappa shape index (κ2) is 5.29. The molecule has 1 N–H and O–H groups in total. The molecule has 1 saturated heterocycles. The van der Waals surface area contributed by atoms with E-state index in [0.717, 1.165) is 41.8 Å². The van der Waals surface area contributed by atoms with Crippen LogP contribution < -0.4 is 5.32 Å². The number of aryl methyl sites for hydroxylation is 2. The summed E-state index contributed by atoms with van der Waals surface area (Å²) in [7, 11) is 1.97. The minimum atomic E-state index is 0.354. The van der Waals surface area contributed by atoms with Gasteiger partial charge in [-0.1, -0.05) is 6.92 Å². The molecule has 90 valence electrons. The van der Waals surface area contributed by atoms with Crippen LogP contribution in [0.2, 0.25) is 0 Å². The molecule has 0 spiro atoms. The lowest BCUT2D eigenvalue weighted by atomic mass is 10.3. The fraction of sp³-hybridized carbons (Fsp3) is 0.727. The van der Waals surface area contributed by atoms with Crippen LogP contribution in [0.3, 0.4) is 0 Å². The van der Waals surface area contributed by atoms with E-state index < -0.39 is 0 Å². The standard InChI is InChI=1S/C11H18BrN3O/c1-3-9-11(12)10(15(2)14-9)7-16-8-4-5-13-6-8/h8,13H,3-7H2,1-2H3.